The maximum atomic E-state index is 10.8. The van der Waals surface area contributed by atoms with Gasteiger partial charge in [-0.15, -0.1) is 0 Å². The van der Waals surface area contributed by atoms with E-state index in [0.717, 1.165) is 18.4 Å². The molecule has 4 heteroatoms. The quantitative estimate of drug-likeness (QED) is 0.645. The number of nitrogens with one attached hydrogen (secondary N) is 1. The standard InChI is InChI=1S/C16H18N2O2/c1-17-16(14-7-3-2-4-8-14)11-10-13-6-5-9-15(12-13)18(19)20/h2-9,12,16-17H,10-11H2,1H3. The first-order valence-electron chi connectivity index (χ1n) is 6.66. The first kappa shape index (κ1) is 14.2. The molecule has 20 heavy (non-hydrogen) atoms. The van der Waals surface area contributed by atoms with Gasteiger partial charge in [0.05, 0.1) is 4.92 Å². The van der Waals surface area contributed by atoms with Crippen LogP contribution in [0.1, 0.15) is 23.6 Å². The van der Waals surface area contributed by atoms with E-state index in [0.29, 0.717) is 0 Å². The van der Waals surface area contributed by atoms with E-state index in [4.69, 9.17) is 0 Å². The molecule has 0 aliphatic heterocycles. The summed E-state index contributed by atoms with van der Waals surface area (Å²) in [6.45, 7) is 0. The van der Waals surface area contributed by atoms with Gasteiger partial charge in [0.15, 0.2) is 0 Å². The third-order valence-corrected chi connectivity index (χ3v) is 3.39. The van der Waals surface area contributed by atoms with Gasteiger partial charge in [-0.2, -0.15) is 0 Å². The van der Waals surface area contributed by atoms with Crippen LogP contribution in [0.2, 0.25) is 0 Å². The van der Waals surface area contributed by atoms with Crippen LogP contribution in [0, 0.1) is 10.1 Å². The van der Waals surface area contributed by atoms with Crippen LogP contribution >= 0.6 is 0 Å². The van der Waals surface area contributed by atoms with Crippen LogP contribution in [-0.4, -0.2) is 12.0 Å². The molecule has 4 nitrogen and oxygen atoms in total. The number of non-ortho nitro benzene ring substituents is 1. The van der Waals surface area contributed by atoms with E-state index in [-0.39, 0.29) is 16.7 Å². The second-order valence-corrected chi connectivity index (χ2v) is 4.72. The number of nitro benzene ring substituents is 1. The van der Waals surface area contributed by atoms with E-state index in [1.54, 1.807) is 12.1 Å². The highest BCUT2D eigenvalue weighted by atomic mass is 16.6. The molecule has 2 aromatic rings. The summed E-state index contributed by atoms with van der Waals surface area (Å²) >= 11 is 0. The molecule has 0 fully saturated rings. The summed E-state index contributed by atoms with van der Waals surface area (Å²) in [5.41, 5.74) is 2.39. The lowest BCUT2D eigenvalue weighted by Gasteiger charge is -2.16. The minimum Gasteiger partial charge on any atom is -0.313 e. The van der Waals surface area contributed by atoms with Crippen molar-refractivity contribution in [2.45, 2.75) is 18.9 Å². The Bertz CT molecular complexity index is 570. The van der Waals surface area contributed by atoms with Crippen molar-refractivity contribution >= 4 is 5.69 Å². The summed E-state index contributed by atoms with van der Waals surface area (Å²) in [5.74, 6) is 0. The second kappa shape index (κ2) is 6.82. The van der Waals surface area contributed by atoms with Gasteiger partial charge in [-0.25, -0.2) is 0 Å². The molecule has 104 valence electrons. The summed E-state index contributed by atoms with van der Waals surface area (Å²) in [4.78, 5) is 10.4. The Kier molecular flexibility index (Phi) is 4.85. The molecule has 2 aromatic carbocycles. The van der Waals surface area contributed by atoms with Crippen molar-refractivity contribution in [3.63, 3.8) is 0 Å². The number of rotatable bonds is 6. The van der Waals surface area contributed by atoms with Gasteiger partial charge in [0, 0.05) is 18.2 Å². The molecule has 1 atom stereocenters. The molecular weight excluding hydrogens is 252 g/mol. The van der Waals surface area contributed by atoms with Gasteiger partial charge in [0.25, 0.3) is 5.69 Å². The smallest absolute Gasteiger partial charge is 0.269 e. The monoisotopic (exact) mass is 270 g/mol. The van der Waals surface area contributed by atoms with Gasteiger partial charge in [-0.3, -0.25) is 10.1 Å². The molecule has 1 N–H and O–H groups in total. The number of benzene rings is 2. The van der Waals surface area contributed by atoms with Gasteiger partial charge < -0.3 is 5.32 Å². The first-order chi connectivity index (χ1) is 9.70. The molecule has 0 aromatic heterocycles. The van der Waals surface area contributed by atoms with Crippen molar-refractivity contribution in [2.24, 2.45) is 0 Å². The van der Waals surface area contributed by atoms with E-state index in [2.05, 4.69) is 17.4 Å². The van der Waals surface area contributed by atoms with E-state index in [9.17, 15) is 10.1 Å². The molecular formula is C16H18N2O2. The molecule has 0 heterocycles. The summed E-state index contributed by atoms with van der Waals surface area (Å²) < 4.78 is 0. The summed E-state index contributed by atoms with van der Waals surface area (Å²) in [6, 6.07) is 17.3. The lowest BCUT2D eigenvalue weighted by Crippen LogP contribution is -2.17. The zero-order valence-electron chi connectivity index (χ0n) is 11.5. The highest BCUT2D eigenvalue weighted by Crippen LogP contribution is 2.20. The summed E-state index contributed by atoms with van der Waals surface area (Å²) in [6.07, 6.45) is 1.71. The minimum absolute atomic E-state index is 0.156. The SMILES string of the molecule is CNC(CCc1cccc([N+](=O)[O-])c1)c1ccccc1. The fourth-order valence-electron chi connectivity index (χ4n) is 2.30. The van der Waals surface area contributed by atoms with Crippen molar-refractivity contribution in [1.82, 2.24) is 5.32 Å². The number of hydrogen-bond acceptors (Lipinski definition) is 3. The molecule has 0 radical (unpaired) electrons. The molecule has 0 saturated carbocycles. The van der Waals surface area contributed by atoms with E-state index in [1.807, 2.05) is 31.3 Å². The van der Waals surface area contributed by atoms with Crippen molar-refractivity contribution in [3.05, 3.63) is 75.8 Å². The zero-order chi connectivity index (χ0) is 14.4. The van der Waals surface area contributed by atoms with Crippen LogP contribution in [0.4, 0.5) is 5.69 Å². The average Bonchev–Trinajstić information content (AvgIpc) is 2.49. The van der Waals surface area contributed by atoms with E-state index >= 15 is 0 Å². The summed E-state index contributed by atoms with van der Waals surface area (Å²) in [5, 5.41) is 14.1. The number of nitrogens with zero attached hydrogens (tertiary/aromatic N) is 1. The normalized spacial score (nSPS) is 12.1. The fourth-order valence-corrected chi connectivity index (χ4v) is 2.30. The van der Waals surface area contributed by atoms with Gasteiger partial charge in [-0.05, 0) is 31.0 Å². The van der Waals surface area contributed by atoms with Gasteiger partial charge in [0.2, 0.25) is 0 Å². The molecule has 0 saturated heterocycles. The Morgan fingerprint density at radius 1 is 1.15 bits per heavy atom. The summed E-state index contributed by atoms with van der Waals surface area (Å²) in [7, 11) is 1.94. The molecule has 2 rings (SSSR count). The molecule has 0 aliphatic carbocycles. The maximum absolute atomic E-state index is 10.8. The lowest BCUT2D eigenvalue weighted by molar-refractivity contribution is -0.384. The van der Waals surface area contributed by atoms with Crippen molar-refractivity contribution in [1.29, 1.82) is 0 Å². The number of nitro groups is 1. The van der Waals surface area contributed by atoms with Crippen LogP contribution < -0.4 is 5.32 Å². The van der Waals surface area contributed by atoms with Crippen LogP contribution in [-0.2, 0) is 6.42 Å². The molecule has 1 unspecified atom stereocenters. The Morgan fingerprint density at radius 3 is 2.55 bits per heavy atom. The fraction of sp³-hybridized carbons (Fsp3) is 0.250. The van der Waals surface area contributed by atoms with Crippen molar-refractivity contribution in [3.8, 4) is 0 Å². The van der Waals surface area contributed by atoms with E-state index in [1.165, 1.54) is 11.6 Å². The van der Waals surface area contributed by atoms with Crippen LogP contribution in [0.5, 0.6) is 0 Å². The average molecular weight is 270 g/mol. The highest BCUT2D eigenvalue weighted by molar-refractivity contribution is 5.34. The largest absolute Gasteiger partial charge is 0.313 e. The van der Waals surface area contributed by atoms with Gasteiger partial charge >= 0.3 is 0 Å². The Hall–Kier alpha value is -2.20. The molecule has 0 spiro atoms. The predicted molar refractivity (Wildman–Crippen MR) is 79.7 cm³/mol. The van der Waals surface area contributed by atoms with Gasteiger partial charge in [-0.1, -0.05) is 42.5 Å². The van der Waals surface area contributed by atoms with Gasteiger partial charge in [0.1, 0.15) is 0 Å². The third kappa shape index (κ3) is 3.65. The van der Waals surface area contributed by atoms with E-state index < -0.39 is 0 Å². The second-order valence-electron chi connectivity index (χ2n) is 4.72. The number of aryl methyl sites for hydroxylation is 1. The van der Waals surface area contributed by atoms with Crippen molar-refractivity contribution < 1.29 is 4.92 Å². The maximum Gasteiger partial charge on any atom is 0.269 e. The Balaban J connectivity index is 2.03. The van der Waals surface area contributed by atoms with Crippen LogP contribution in [0.15, 0.2) is 54.6 Å². The topological polar surface area (TPSA) is 55.2 Å². The molecule has 0 aliphatic rings. The third-order valence-electron chi connectivity index (χ3n) is 3.39. The highest BCUT2D eigenvalue weighted by Gasteiger charge is 2.10. The Morgan fingerprint density at radius 2 is 1.90 bits per heavy atom. The predicted octanol–water partition coefficient (Wildman–Crippen LogP) is 3.49. The van der Waals surface area contributed by atoms with Crippen molar-refractivity contribution in [2.75, 3.05) is 7.05 Å². The minimum atomic E-state index is -0.351. The molecule has 0 amide bonds. The lowest BCUT2D eigenvalue weighted by atomic mass is 9.99. The number of hydrogen-bond donors (Lipinski definition) is 1. The van der Waals surface area contributed by atoms with Crippen LogP contribution in [0.25, 0.3) is 0 Å². The molecule has 0 bridgehead atoms. The van der Waals surface area contributed by atoms with Crippen LogP contribution in [0.3, 0.4) is 0 Å². The Labute approximate surface area is 118 Å². The first-order valence-corrected chi connectivity index (χ1v) is 6.66. The zero-order valence-corrected chi connectivity index (χ0v) is 11.5.